The van der Waals surface area contributed by atoms with Gasteiger partial charge in [0, 0.05) is 29.5 Å². The number of nitro groups is 2. The number of carbonyl (C=O) groups is 3. The summed E-state index contributed by atoms with van der Waals surface area (Å²) in [4.78, 5) is 60.1. The van der Waals surface area contributed by atoms with Gasteiger partial charge in [0.25, 0.3) is 17.3 Å². The van der Waals surface area contributed by atoms with Gasteiger partial charge in [-0.25, -0.2) is 4.79 Å². The lowest BCUT2D eigenvalue weighted by Gasteiger charge is -2.23. The normalized spacial score (nSPS) is 15.3. The highest BCUT2D eigenvalue weighted by atomic mass is 32.2. The van der Waals surface area contributed by atoms with E-state index >= 15 is 0 Å². The van der Waals surface area contributed by atoms with E-state index in [1.165, 1.54) is 54.6 Å². The van der Waals surface area contributed by atoms with Crippen molar-refractivity contribution in [3.05, 3.63) is 96.1 Å². The van der Waals surface area contributed by atoms with Crippen LogP contribution < -0.4 is 22.0 Å². The quantitative estimate of drug-likeness (QED) is 0.268. The van der Waals surface area contributed by atoms with Gasteiger partial charge in [0.05, 0.1) is 32.9 Å². The molecule has 0 saturated heterocycles. The van der Waals surface area contributed by atoms with Gasteiger partial charge in [0.1, 0.15) is 5.25 Å². The molecule has 1 amide bonds. The molecule has 4 N–H and O–H groups in total. The zero-order valence-corrected chi connectivity index (χ0v) is 19.8. The van der Waals surface area contributed by atoms with Crippen LogP contribution in [0.3, 0.4) is 0 Å². The van der Waals surface area contributed by atoms with Crippen LogP contribution in [0.1, 0.15) is 31.7 Å². The molecule has 4 rings (SSSR count). The number of nitrogens with two attached hydrogens (primary N) is 2. The molecule has 0 fully saturated rings. The Balaban J connectivity index is 2.07. The van der Waals surface area contributed by atoms with Crippen molar-refractivity contribution >= 4 is 57.6 Å². The first-order valence-corrected chi connectivity index (χ1v) is 11.3. The minimum absolute atomic E-state index is 0.0491. The number of rotatable bonds is 6. The zero-order chi connectivity index (χ0) is 27.0. The Morgan fingerprint density at radius 3 is 2.30 bits per heavy atom. The lowest BCUT2D eigenvalue weighted by molar-refractivity contribution is -0.385. The Labute approximate surface area is 211 Å². The Bertz CT molecular complexity index is 1640. The number of aromatic nitrogens is 1. The highest BCUT2D eigenvalue weighted by molar-refractivity contribution is 8.10. The Morgan fingerprint density at radius 2 is 1.70 bits per heavy atom. The van der Waals surface area contributed by atoms with E-state index in [0.717, 1.165) is 23.4 Å². The summed E-state index contributed by atoms with van der Waals surface area (Å²) in [5.74, 6) is -2.66. The summed E-state index contributed by atoms with van der Waals surface area (Å²) in [6.45, 7) is 0. The number of amides is 1. The van der Waals surface area contributed by atoms with Gasteiger partial charge in [-0.1, -0.05) is 36.0 Å². The summed E-state index contributed by atoms with van der Waals surface area (Å²) in [6.07, 6.45) is 1.38. The molecule has 0 radical (unpaired) electrons. The minimum Gasteiger partial charge on any atom is -0.464 e. The van der Waals surface area contributed by atoms with E-state index in [-0.39, 0.29) is 43.8 Å². The van der Waals surface area contributed by atoms with Crippen LogP contribution in [0, 0.1) is 20.2 Å². The largest absolute Gasteiger partial charge is 0.464 e. The van der Waals surface area contributed by atoms with Crippen LogP contribution in [0.2, 0.25) is 0 Å². The van der Waals surface area contributed by atoms with Crippen molar-refractivity contribution in [2.75, 3.05) is 12.8 Å². The Morgan fingerprint density at radius 1 is 1.08 bits per heavy atom. The topological polar surface area (TPSA) is 204 Å². The van der Waals surface area contributed by atoms with E-state index in [1.54, 1.807) is 0 Å². The van der Waals surface area contributed by atoms with Crippen molar-refractivity contribution in [3.8, 4) is 0 Å². The smallest absolute Gasteiger partial charge is 0.357 e. The first-order chi connectivity index (χ1) is 17.5. The maximum Gasteiger partial charge on any atom is 0.357 e. The van der Waals surface area contributed by atoms with Crippen LogP contribution in [0.25, 0.3) is 11.0 Å². The number of fused-ring (bicyclic) bond motifs is 1. The summed E-state index contributed by atoms with van der Waals surface area (Å²) in [7, 11) is 1.07. The number of methoxy groups -OCH3 is 1. The van der Waals surface area contributed by atoms with Crippen LogP contribution in [0.15, 0.2) is 48.5 Å². The number of thioether (sulfide) groups is 1. The molecule has 0 bridgehead atoms. The van der Waals surface area contributed by atoms with Gasteiger partial charge in [-0.2, -0.15) is 0 Å². The molecular formula is C23H17N5O8S. The first kappa shape index (κ1) is 25.1. The second kappa shape index (κ2) is 9.58. The summed E-state index contributed by atoms with van der Waals surface area (Å²) in [6, 6.07) is 10.8. The summed E-state index contributed by atoms with van der Waals surface area (Å²) < 4.78 is 5.72. The SMILES string of the molecule is COC(=O)c1c(N)/c(=C\c2cccc([N+](=O)[O-])c2)c2n1C(=O)[C@H](c1cccc([N+](=O)[O-])c1)SC=2C(N)=O. The van der Waals surface area contributed by atoms with E-state index < -0.39 is 32.9 Å². The van der Waals surface area contributed by atoms with Gasteiger partial charge >= 0.3 is 5.97 Å². The van der Waals surface area contributed by atoms with Gasteiger partial charge in [-0.3, -0.25) is 34.4 Å². The molecule has 2 heterocycles. The fourth-order valence-corrected chi connectivity index (χ4v) is 5.07. The molecule has 0 unspecified atom stereocenters. The predicted molar refractivity (Wildman–Crippen MR) is 133 cm³/mol. The number of hydrogen-bond donors (Lipinski definition) is 2. The van der Waals surface area contributed by atoms with Gasteiger partial charge in [0.15, 0.2) is 5.69 Å². The number of carbonyl (C=O) groups excluding carboxylic acids is 3. The maximum atomic E-state index is 13.7. The van der Waals surface area contributed by atoms with E-state index in [9.17, 15) is 34.6 Å². The third-order valence-corrected chi connectivity index (χ3v) is 6.86. The molecule has 188 valence electrons. The number of anilines is 1. The number of hydrogen-bond acceptors (Lipinski definition) is 10. The molecule has 2 aromatic carbocycles. The average Bonchev–Trinajstić information content (AvgIpc) is 3.16. The molecule has 0 aliphatic carbocycles. The van der Waals surface area contributed by atoms with Crippen molar-refractivity contribution < 1.29 is 29.0 Å². The molecular weight excluding hydrogens is 506 g/mol. The number of non-ortho nitro benzene ring substituents is 2. The molecule has 1 atom stereocenters. The minimum atomic E-state index is -1.18. The van der Waals surface area contributed by atoms with Gasteiger partial charge < -0.3 is 16.2 Å². The predicted octanol–water partition coefficient (Wildman–Crippen LogP) is 1.22. The lowest BCUT2D eigenvalue weighted by Crippen LogP contribution is -2.43. The molecule has 1 aromatic heterocycles. The summed E-state index contributed by atoms with van der Waals surface area (Å²) >= 11 is 0.751. The molecule has 0 spiro atoms. The monoisotopic (exact) mass is 523 g/mol. The van der Waals surface area contributed by atoms with Crippen LogP contribution in [-0.2, 0) is 9.53 Å². The fraction of sp³-hybridized carbons (Fsp3) is 0.0870. The van der Waals surface area contributed by atoms with Crippen molar-refractivity contribution in [2.45, 2.75) is 5.25 Å². The maximum absolute atomic E-state index is 13.7. The molecule has 14 heteroatoms. The van der Waals surface area contributed by atoms with Gasteiger partial charge in [0.2, 0.25) is 5.91 Å². The van der Waals surface area contributed by atoms with E-state index in [4.69, 9.17) is 16.2 Å². The number of nitro benzene ring substituents is 2. The lowest BCUT2D eigenvalue weighted by atomic mass is 10.1. The Kier molecular flexibility index (Phi) is 6.50. The second-order valence-corrected chi connectivity index (χ2v) is 8.84. The number of ether oxygens (including phenoxy) is 1. The molecule has 1 aliphatic rings. The van der Waals surface area contributed by atoms with E-state index in [2.05, 4.69) is 0 Å². The summed E-state index contributed by atoms with van der Waals surface area (Å²) in [5.41, 5.74) is 11.3. The third-order valence-electron chi connectivity index (χ3n) is 5.52. The first-order valence-electron chi connectivity index (χ1n) is 10.4. The van der Waals surface area contributed by atoms with Crippen LogP contribution in [-0.4, -0.2) is 39.3 Å². The molecule has 13 nitrogen and oxygen atoms in total. The van der Waals surface area contributed by atoms with Crippen molar-refractivity contribution in [1.29, 1.82) is 0 Å². The number of nitrogen functional groups attached to an aromatic ring is 1. The standard InChI is InChI=1S/C23H17N5O8S/c1-36-23(31)18-16(24)15(9-11-4-2-6-13(8-11)27(32)33)17-20(21(25)29)37-19(22(30)26(17)18)12-5-3-7-14(10-12)28(34)35/h2-10,19H,24H2,1H3,(H2,25,29)/b15-9+/t19-/m0/s1. The summed E-state index contributed by atoms with van der Waals surface area (Å²) in [5, 5.41) is 21.2. The zero-order valence-electron chi connectivity index (χ0n) is 18.9. The van der Waals surface area contributed by atoms with Crippen LogP contribution in [0.5, 0.6) is 0 Å². The molecule has 1 aliphatic heterocycles. The number of primary amides is 1. The van der Waals surface area contributed by atoms with Crippen molar-refractivity contribution in [1.82, 2.24) is 4.57 Å². The highest BCUT2D eigenvalue weighted by Gasteiger charge is 2.37. The second-order valence-electron chi connectivity index (χ2n) is 7.73. The molecule has 3 aromatic rings. The molecule has 0 saturated carbocycles. The van der Waals surface area contributed by atoms with Crippen LogP contribution >= 0.6 is 11.8 Å². The number of esters is 1. The van der Waals surface area contributed by atoms with Crippen molar-refractivity contribution in [3.63, 3.8) is 0 Å². The third kappa shape index (κ3) is 4.40. The average molecular weight is 523 g/mol. The number of nitrogens with zero attached hydrogens (tertiary/aromatic N) is 3. The van der Waals surface area contributed by atoms with Crippen molar-refractivity contribution in [2.24, 2.45) is 5.73 Å². The van der Waals surface area contributed by atoms with E-state index in [1.807, 2.05) is 0 Å². The molecule has 37 heavy (non-hydrogen) atoms. The highest BCUT2D eigenvalue weighted by Crippen LogP contribution is 2.40. The van der Waals surface area contributed by atoms with E-state index in [0.29, 0.717) is 5.56 Å². The Hall–Kier alpha value is -4.98. The van der Waals surface area contributed by atoms with Gasteiger partial charge in [-0.15, -0.1) is 0 Å². The van der Waals surface area contributed by atoms with Crippen LogP contribution in [0.4, 0.5) is 17.1 Å². The fourth-order valence-electron chi connectivity index (χ4n) is 3.92. The van der Waals surface area contributed by atoms with Gasteiger partial charge in [-0.05, 0) is 17.2 Å². The number of benzene rings is 2.